The number of nitrogens with zero attached hydrogens (tertiary/aromatic N) is 6. The third-order valence-corrected chi connectivity index (χ3v) is 11.7. The highest BCUT2D eigenvalue weighted by Crippen LogP contribution is 2.42. The van der Waals surface area contributed by atoms with Gasteiger partial charge in [0.15, 0.2) is 0 Å². The van der Waals surface area contributed by atoms with Crippen LogP contribution in [0.4, 0.5) is 23.2 Å². The second kappa shape index (κ2) is 15.1. The molecular formula is C40H42F4N8O5. The molecule has 2 N–H and O–H groups in total. The molecule has 1 aliphatic carbocycles. The van der Waals surface area contributed by atoms with Gasteiger partial charge in [0, 0.05) is 55.3 Å². The Morgan fingerprint density at radius 2 is 1.81 bits per heavy atom. The lowest BCUT2D eigenvalue weighted by molar-refractivity contribution is -0.141. The number of halogens is 4. The Morgan fingerprint density at radius 3 is 2.53 bits per heavy atom. The van der Waals surface area contributed by atoms with E-state index in [4.69, 9.17) is 9.84 Å². The molecule has 0 radical (unpaired) electrons. The number of aryl methyl sites for hydroxylation is 1. The van der Waals surface area contributed by atoms with E-state index in [0.29, 0.717) is 46.9 Å². The number of alkyl halides is 4. The maximum absolute atomic E-state index is 16.3. The van der Waals surface area contributed by atoms with E-state index in [-0.39, 0.29) is 37.0 Å². The first-order chi connectivity index (χ1) is 27.3. The van der Waals surface area contributed by atoms with E-state index in [1.165, 1.54) is 22.3 Å². The second-order valence-electron chi connectivity index (χ2n) is 15.3. The average Bonchev–Trinajstić information content (AvgIpc) is 3.72. The van der Waals surface area contributed by atoms with Gasteiger partial charge in [0.05, 0.1) is 29.7 Å². The number of imide groups is 1. The number of carbonyl (C=O) groups excluding carboxylic acids is 3. The van der Waals surface area contributed by atoms with Crippen LogP contribution in [-0.4, -0.2) is 79.4 Å². The van der Waals surface area contributed by atoms with Crippen molar-refractivity contribution in [3.63, 3.8) is 0 Å². The zero-order valence-corrected chi connectivity index (χ0v) is 31.4. The summed E-state index contributed by atoms with van der Waals surface area (Å²) < 4.78 is 66.1. The molecule has 0 bridgehead atoms. The zero-order chi connectivity index (χ0) is 40.2. The number of hydrogen-bond donors (Lipinski definition) is 2. The van der Waals surface area contributed by atoms with Crippen molar-refractivity contribution in [2.45, 2.75) is 75.3 Å². The minimum atomic E-state index is -4.66. The van der Waals surface area contributed by atoms with Crippen molar-refractivity contribution >= 4 is 45.3 Å². The zero-order valence-electron chi connectivity index (χ0n) is 31.4. The topological polar surface area (TPSA) is 145 Å². The molecule has 57 heavy (non-hydrogen) atoms. The molecule has 2 saturated heterocycles. The molecule has 2 aliphatic heterocycles. The highest BCUT2D eigenvalue weighted by molar-refractivity contribution is 6.04. The van der Waals surface area contributed by atoms with E-state index < -0.39 is 47.5 Å². The van der Waals surface area contributed by atoms with Crippen LogP contribution in [0.25, 0.3) is 21.9 Å². The van der Waals surface area contributed by atoms with Crippen LogP contribution in [0.2, 0.25) is 0 Å². The number of piperidine rings is 2. The van der Waals surface area contributed by atoms with Gasteiger partial charge in [-0.2, -0.15) is 18.3 Å². The van der Waals surface area contributed by atoms with E-state index >= 15 is 4.39 Å². The maximum Gasteiger partial charge on any atom is 0.433 e. The molecule has 5 aromatic rings. The largest absolute Gasteiger partial charge is 0.496 e. The van der Waals surface area contributed by atoms with Crippen molar-refractivity contribution in [2.75, 3.05) is 32.1 Å². The summed E-state index contributed by atoms with van der Waals surface area (Å²) >= 11 is 0. The molecule has 17 heteroatoms. The fourth-order valence-corrected chi connectivity index (χ4v) is 8.89. The molecule has 3 fully saturated rings. The normalized spacial score (nSPS) is 23.5. The molecule has 3 aromatic heterocycles. The van der Waals surface area contributed by atoms with Crippen LogP contribution in [-0.2, 0) is 22.8 Å². The number of rotatable bonds is 8. The molecule has 3 amide bonds. The van der Waals surface area contributed by atoms with Crippen molar-refractivity contribution in [3.05, 3.63) is 82.2 Å². The van der Waals surface area contributed by atoms with Gasteiger partial charge < -0.3 is 15.0 Å². The van der Waals surface area contributed by atoms with Crippen LogP contribution in [0.5, 0.6) is 5.75 Å². The smallest absolute Gasteiger partial charge is 0.433 e. The summed E-state index contributed by atoms with van der Waals surface area (Å²) in [6, 6.07) is 11.1. The Bertz CT molecular complexity index is 2430. The molecule has 8 rings (SSSR count). The Morgan fingerprint density at radius 1 is 1.02 bits per heavy atom. The highest BCUT2D eigenvalue weighted by atomic mass is 19.4. The SMILES string of the molecule is COc1ccc2c(c1C1CCN(C[C@H]3CC[C@H](n4cc5cc(NC(=O)c6cccc(C(F)(F)F)n6)ccc5n4)CC3)CC1F)n(C)c(=O)n2C1CCC(=O)NC1=O. The number of benzene rings is 2. The number of methoxy groups -OCH3 is 1. The Kier molecular flexibility index (Phi) is 10.1. The van der Waals surface area contributed by atoms with Crippen molar-refractivity contribution in [2.24, 2.45) is 13.0 Å². The molecule has 3 aliphatic rings. The summed E-state index contributed by atoms with van der Waals surface area (Å²) in [6.07, 6.45) is 0.514. The molecule has 2 aromatic carbocycles. The Balaban J connectivity index is 0.894. The number of ether oxygens (including phenoxy) is 1. The van der Waals surface area contributed by atoms with Gasteiger partial charge in [-0.15, -0.1) is 0 Å². The quantitative estimate of drug-likeness (QED) is 0.146. The summed E-state index contributed by atoms with van der Waals surface area (Å²) in [4.78, 5) is 56.5. The molecule has 3 unspecified atom stereocenters. The maximum atomic E-state index is 16.3. The first-order valence-electron chi connectivity index (χ1n) is 19.1. The highest BCUT2D eigenvalue weighted by Gasteiger charge is 2.38. The molecule has 300 valence electrons. The number of imidazole rings is 1. The summed E-state index contributed by atoms with van der Waals surface area (Å²) in [5, 5.41) is 10.5. The van der Waals surface area contributed by atoms with Gasteiger partial charge in [0.25, 0.3) is 5.91 Å². The summed E-state index contributed by atoms with van der Waals surface area (Å²) in [5.41, 5.74) is 0.894. The number of nitrogens with one attached hydrogen (secondary N) is 2. The molecular weight excluding hydrogens is 748 g/mol. The van der Waals surface area contributed by atoms with Crippen molar-refractivity contribution in [1.82, 2.24) is 34.1 Å². The van der Waals surface area contributed by atoms with Crippen LogP contribution in [0.15, 0.2) is 59.5 Å². The van der Waals surface area contributed by atoms with Crippen LogP contribution < -0.4 is 21.1 Å². The van der Waals surface area contributed by atoms with E-state index in [1.54, 1.807) is 37.4 Å². The van der Waals surface area contributed by atoms with Crippen molar-refractivity contribution in [1.29, 1.82) is 0 Å². The number of likely N-dealkylation sites (tertiary alicyclic amines) is 1. The molecule has 13 nitrogen and oxygen atoms in total. The standard InChI is InChI=1S/C40H42F4N8O5/c1-49-36-30(52(39(49)56)31-13-15-34(53)47-38(31)55)12-14-32(57-2)35(36)26-16-17-50(21-27(26)41)19-22-6-9-25(10-7-22)51-20-23-18-24(8-11-28(23)48-51)45-37(54)29-4-3-5-33(46-29)40(42,43)44/h3-5,8,11-12,14,18,20,22,25-27,31H,6-7,9-10,13,15-17,19,21H2,1-2H3,(H,45,54)(H,47,53,55)/t22-,25-,26?,27?,31?. The van der Waals surface area contributed by atoms with Crippen LogP contribution >= 0.6 is 0 Å². The average molecular weight is 791 g/mol. The summed E-state index contributed by atoms with van der Waals surface area (Å²) in [7, 11) is 3.14. The lowest BCUT2D eigenvalue weighted by atomic mass is 9.83. The van der Waals surface area contributed by atoms with E-state index in [9.17, 15) is 32.3 Å². The van der Waals surface area contributed by atoms with E-state index in [2.05, 4.69) is 20.5 Å². The molecule has 5 heterocycles. The number of amides is 3. The van der Waals surface area contributed by atoms with Gasteiger partial charge in [-0.05, 0) is 93.5 Å². The van der Waals surface area contributed by atoms with Crippen LogP contribution in [0.3, 0.4) is 0 Å². The fourth-order valence-electron chi connectivity index (χ4n) is 8.89. The van der Waals surface area contributed by atoms with Crippen LogP contribution in [0.1, 0.15) is 84.7 Å². The lowest BCUT2D eigenvalue weighted by Gasteiger charge is -2.38. The molecule has 3 atom stereocenters. The van der Waals surface area contributed by atoms with Gasteiger partial charge in [0.2, 0.25) is 11.8 Å². The van der Waals surface area contributed by atoms with Crippen molar-refractivity contribution < 1.29 is 36.7 Å². The number of fused-ring (bicyclic) bond motifs is 2. The van der Waals surface area contributed by atoms with Gasteiger partial charge in [-0.25, -0.2) is 14.2 Å². The van der Waals surface area contributed by atoms with E-state index in [1.807, 2.05) is 10.9 Å². The van der Waals surface area contributed by atoms with Gasteiger partial charge >= 0.3 is 11.9 Å². The number of carbonyl (C=O) groups is 3. The van der Waals surface area contributed by atoms with Crippen LogP contribution in [0, 0.1) is 5.92 Å². The Labute approximate surface area is 324 Å². The first kappa shape index (κ1) is 38.3. The predicted molar refractivity (Wildman–Crippen MR) is 202 cm³/mol. The lowest BCUT2D eigenvalue weighted by Crippen LogP contribution is -2.44. The van der Waals surface area contributed by atoms with Gasteiger partial charge in [-0.3, -0.25) is 33.5 Å². The van der Waals surface area contributed by atoms with Crippen molar-refractivity contribution in [3.8, 4) is 5.75 Å². The number of aromatic nitrogens is 5. The number of anilines is 1. The van der Waals surface area contributed by atoms with Gasteiger partial charge in [0.1, 0.15) is 29.4 Å². The van der Waals surface area contributed by atoms with Gasteiger partial charge in [-0.1, -0.05) is 6.07 Å². The summed E-state index contributed by atoms with van der Waals surface area (Å²) in [6.45, 7) is 1.66. The first-order valence-corrected chi connectivity index (χ1v) is 19.1. The van der Waals surface area contributed by atoms with E-state index in [0.717, 1.165) is 55.3 Å². The third kappa shape index (κ3) is 7.40. The monoisotopic (exact) mass is 790 g/mol. The fraction of sp³-hybridized carbons (Fsp3) is 0.450. The predicted octanol–water partition coefficient (Wildman–Crippen LogP) is 5.90. The number of hydrogen-bond acceptors (Lipinski definition) is 8. The number of pyridine rings is 1. The minimum Gasteiger partial charge on any atom is -0.496 e. The summed E-state index contributed by atoms with van der Waals surface area (Å²) in [5.74, 6) is -1.32. The minimum absolute atomic E-state index is 0.121. The second-order valence-corrected chi connectivity index (χ2v) is 15.3. The third-order valence-electron chi connectivity index (χ3n) is 11.7. The Hall–Kier alpha value is -5.58. The molecule has 1 saturated carbocycles. The molecule has 0 spiro atoms.